The summed E-state index contributed by atoms with van der Waals surface area (Å²) in [4.78, 5) is 16.9. The highest BCUT2D eigenvalue weighted by atomic mass is 16.6. The molecule has 6 heteroatoms. The summed E-state index contributed by atoms with van der Waals surface area (Å²) in [6, 6.07) is 1.75. The first kappa shape index (κ1) is 14.7. The highest BCUT2D eigenvalue weighted by molar-refractivity contribution is 5.46. The fourth-order valence-electron chi connectivity index (χ4n) is 2.59. The first-order valence-corrected chi connectivity index (χ1v) is 7.17. The second kappa shape index (κ2) is 6.65. The van der Waals surface area contributed by atoms with Crippen molar-refractivity contribution in [3.8, 4) is 0 Å². The molecule has 110 valence electrons. The van der Waals surface area contributed by atoms with E-state index < -0.39 is 4.92 Å². The van der Waals surface area contributed by atoms with E-state index in [0.717, 1.165) is 32.0 Å². The number of nitrogens with one attached hydrogen (secondary N) is 1. The number of nitro groups is 1. The molecule has 1 aliphatic rings. The normalized spacial score (nSPS) is 17.1. The van der Waals surface area contributed by atoms with Gasteiger partial charge in [0.05, 0.1) is 4.92 Å². The van der Waals surface area contributed by atoms with Gasteiger partial charge < -0.3 is 10.2 Å². The Labute approximate surface area is 119 Å². The molecule has 0 radical (unpaired) electrons. The summed E-state index contributed by atoms with van der Waals surface area (Å²) in [5.74, 6) is 1.39. The van der Waals surface area contributed by atoms with Gasteiger partial charge in [0.1, 0.15) is 12.0 Å². The fraction of sp³-hybridized carbons (Fsp3) is 0.643. The third-order valence-corrected chi connectivity index (χ3v) is 4.01. The number of nitrogens with zero attached hydrogens (tertiary/aromatic N) is 3. The van der Waals surface area contributed by atoms with E-state index in [1.807, 2.05) is 0 Å². The van der Waals surface area contributed by atoms with Crippen LogP contribution in [0.15, 0.2) is 12.3 Å². The number of aromatic nitrogens is 1. The zero-order valence-corrected chi connectivity index (χ0v) is 12.1. The predicted octanol–water partition coefficient (Wildman–Crippen LogP) is 2.44. The number of hydrogen-bond donors (Lipinski definition) is 1. The highest BCUT2D eigenvalue weighted by Gasteiger charge is 2.18. The zero-order chi connectivity index (χ0) is 14.5. The van der Waals surface area contributed by atoms with E-state index in [0.29, 0.717) is 11.5 Å². The molecule has 1 aromatic rings. The molecule has 6 nitrogen and oxygen atoms in total. The quantitative estimate of drug-likeness (QED) is 0.661. The van der Waals surface area contributed by atoms with Gasteiger partial charge in [0.15, 0.2) is 0 Å². The van der Waals surface area contributed by atoms with Gasteiger partial charge in [-0.3, -0.25) is 10.1 Å². The third-order valence-electron chi connectivity index (χ3n) is 4.01. The smallest absolute Gasteiger partial charge is 0.290 e. The molecular weight excluding hydrogens is 256 g/mol. The predicted molar refractivity (Wildman–Crippen MR) is 79.0 cm³/mol. The van der Waals surface area contributed by atoms with Crippen LogP contribution in [-0.2, 0) is 0 Å². The summed E-state index contributed by atoms with van der Waals surface area (Å²) < 4.78 is 0. The number of rotatable bonds is 5. The SMILES string of the molecule is CCN1CCC(CNc2cc(C)c([N+](=O)[O-])cn2)CC1. The Morgan fingerprint density at radius 1 is 1.50 bits per heavy atom. The van der Waals surface area contributed by atoms with Gasteiger partial charge in [-0.1, -0.05) is 6.92 Å². The Bertz CT molecular complexity index is 470. The van der Waals surface area contributed by atoms with Crippen LogP contribution >= 0.6 is 0 Å². The average molecular weight is 278 g/mol. The van der Waals surface area contributed by atoms with Crippen LogP contribution in [-0.4, -0.2) is 41.0 Å². The summed E-state index contributed by atoms with van der Waals surface area (Å²) >= 11 is 0. The maximum absolute atomic E-state index is 10.7. The Morgan fingerprint density at radius 3 is 2.75 bits per heavy atom. The van der Waals surface area contributed by atoms with Crippen molar-refractivity contribution in [2.24, 2.45) is 5.92 Å². The molecule has 20 heavy (non-hydrogen) atoms. The maximum Gasteiger partial charge on any atom is 0.290 e. The van der Waals surface area contributed by atoms with Gasteiger partial charge in [0.25, 0.3) is 5.69 Å². The molecule has 1 aliphatic heterocycles. The lowest BCUT2D eigenvalue weighted by Gasteiger charge is -2.31. The van der Waals surface area contributed by atoms with E-state index >= 15 is 0 Å². The van der Waals surface area contributed by atoms with Crippen molar-refractivity contribution >= 4 is 11.5 Å². The minimum absolute atomic E-state index is 0.0757. The largest absolute Gasteiger partial charge is 0.370 e. The van der Waals surface area contributed by atoms with Gasteiger partial charge in [-0.05, 0) is 51.4 Å². The van der Waals surface area contributed by atoms with Crippen LogP contribution in [0.3, 0.4) is 0 Å². The van der Waals surface area contributed by atoms with Crippen molar-refractivity contribution in [1.82, 2.24) is 9.88 Å². The Kier molecular flexibility index (Phi) is 4.89. The summed E-state index contributed by atoms with van der Waals surface area (Å²) in [6.07, 6.45) is 3.73. The molecule has 2 heterocycles. The molecule has 0 amide bonds. The number of likely N-dealkylation sites (tertiary alicyclic amines) is 1. The van der Waals surface area contributed by atoms with Gasteiger partial charge >= 0.3 is 0 Å². The van der Waals surface area contributed by atoms with E-state index in [9.17, 15) is 10.1 Å². The van der Waals surface area contributed by atoms with Gasteiger partial charge in [-0.25, -0.2) is 4.98 Å². The van der Waals surface area contributed by atoms with Crippen molar-refractivity contribution in [3.63, 3.8) is 0 Å². The standard InChI is InChI=1S/C14H22N4O2/c1-3-17-6-4-12(5-7-17)9-15-14-8-11(2)13(10-16-14)18(19)20/h8,10,12H,3-7,9H2,1-2H3,(H,15,16). The molecular formula is C14H22N4O2. The number of hydrogen-bond acceptors (Lipinski definition) is 5. The number of piperidine rings is 1. The fourth-order valence-corrected chi connectivity index (χ4v) is 2.59. The number of anilines is 1. The Morgan fingerprint density at radius 2 is 2.20 bits per heavy atom. The van der Waals surface area contributed by atoms with Crippen molar-refractivity contribution in [2.75, 3.05) is 31.5 Å². The van der Waals surface area contributed by atoms with Gasteiger partial charge in [-0.2, -0.15) is 0 Å². The van der Waals surface area contributed by atoms with E-state index in [4.69, 9.17) is 0 Å². The molecule has 2 rings (SSSR count). The topological polar surface area (TPSA) is 71.3 Å². The first-order valence-electron chi connectivity index (χ1n) is 7.17. The third kappa shape index (κ3) is 3.66. The summed E-state index contributed by atoms with van der Waals surface area (Å²) in [5, 5.41) is 14.0. The molecule has 0 spiro atoms. The van der Waals surface area contributed by atoms with Crippen LogP contribution in [0.2, 0.25) is 0 Å². The highest BCUT2D eigenvalue weighted by Crippen LogP contribution is 2.21. The first-order chi connectivity index (χ1) is 9.60. The molecule has 1 saturated heterocycles. The summed E-state index contributed by atoms with van der Waals surface area (Å²) in [5.41, 5.74) is 0.722. The molecule has 1 N–H and O–H groups in total. The van der Waals surface area contributed by atoms with Crippen LogP contribution in [0.1, 0.15) is 25.3 Å². The molecule has 1 fully saturated rings. The minimum atomic E-state index is -0.396. The number of aryl methyl sites for hydroxylation is 1. The van der Waals surface area contributed by atoms with Gasteiger partial charge in [-0.15, -0.1) is 0 Å². The molecule has 0 atom stereocenters. The van der Waals surface area contributed by atoms with Crippen LogP contribution in [0, 0.1) is 23.0 Å². The van der Waals surface area contributed by atoms with Crippen LogP contribution in [0.25, 0.3) is 0 Å². The molecule has 1 aromatic heterocycles. The van der Waals surface area contributed by atoms with Crippen molar-refractivity contribution in [1.29, 1.82) is 0 Å². The van der Waals surface area contributed by atoms with Crippen molar-refractivity contribution in [2.45, 2.75) is 26.7 Å². The van der Waals surface area contributed by atoms with E-state index in [-0.39, 0.29) is 5.69 Å². The number of pyridine rings is 1. The second-order valence-corrected chi connectivity index (χ2v) is 5.37. The Balaban J connectivity index is 1.85. The van der Waals surface area contributed by atoms with Crippen molar-refractivity contribution in [3.05, 3.63) is 27.9 Å². The van der Waals surface area contributed by atoms with Crippen LogP contribution < -0.4 is 5.32 Å². The van der Waals surface area contributed by atoms with E-state index in [1.165, 1.54) is 19.0 Å². The second-order valence-electron chi connectivity index (χ2n) is 5.37. The molecule has 0 aliphatic carbocycles. The maximum atomic E-state index is 10.7. The lowest BCUT2D eigenvalue weighted by Crippen LogP contribution is -2.35. The van der Waals surface area contributed by atoms with E-state index in [1.54, 1.807) is 13.0 Å². The average Bonchev–Trinajstić information content (AvgIpc) is 2.45. The lowest BCUT2D eigenvalue weighted by molar-refractivity contribution is -0.385. The summed E-state index contributed by atoms with van der Waals surface area (Å²) in [6.45, 7) is 8.28. The monoisotopic (exact) mass is 278 g/mol. The molecule has 0 unspecified atom stereocenters. The molecule has 0 bridgehead atoms. The van der Waals surface area contributed by atoms with Gasteiger partial charge in [0, 0.05) is 12.1 Å². The van der Waals surface area contributed by atoms with Crippen LogP contribution in [0.5, 0.6) is 0 Å². The molecule has 0 aromatic carbocycles. The minimum Gasteiger partial charge on any atom is -0.370 e. The van der Waals surface area contributed by atoms with E-state index in [2.05, 4.69) is 22.1 Å². The lowest BCUT2D eigenvalue weighted by atomic mass is 9.97. The summed E-state index contributed by atoms with van der Waals surface area (Å²) in [7, 11) is 0. The van der Waals surface area contributed by atoms with Crippen molar-refractivity contribution < 1.29 is 4.92 Å². The van der Waals surface area contributed by atoms with Gasteiger partial charge in [0.2, 0.25) is 0 Å². The Hall–Kier alpha value is -1.69. The zero-order valence-electron chi connectivity index (χ0n) is 12.1. The van der Waals surface area contributed by atoms with Crippen LogP contribution in [0.4, 0.5) is 11.5 Å². The molecule has 0 saturated carbocycles.